The minimum absolute atomic E-state index is 0.0246. The van der Waals surface area contributed by atoms with E-state index in [1.165, 1.54) is 12.1 Å². The smallest absolute Gasteiger partial charge is 0.238 e. The number of primary sulfonamides is 1. The molecule has 4 rings (SSSR count). The van der Waals surface area contributed by atoms with Gasteiger partial charge in [0.1, 0.15) is 11.5 Å². The number of hydrogen-bond acceptors (Lipinski definition) is 5. The molecule has 7 heteroatoms. The SMILES string of the molecule is Cc1ccc(C(=O)C(Cc2cccc(S(N)(=O)=O)c2)C(=O)CC2CC2)cc1OC1CCCC1. The van der Waals surface area contributed by atoms with E-state index in [0.717, 1.165) is 44.1 Å². The van der Waals surface area contributed by atoms with Crippen LogP contribution in [0.15, 0.2) is 47.4 Å². The summed E-state index contributed by atoms with van der Waals surface area (Å²) in [5.41, 5.74) is 2.00. The molecule has 0 heterocycles. The molecule has 0 aliphatic heterocycles. The molecule has 176 valence electrons. The lowest BCUT2D eigenvalue weighted by Gasteiger charge is -2.18. The van der Waals surface area contributed by atoms with E-state index in [-0.39, 0.29) is 29.0 Å². The molecule has 33 heavy (non-hydrogen) atoms. The summed E-state index contributed by atoms with van der Waals surface area (Å²) >= 11 is 0. The molecule has 2 aromatic rings. The first-order valence-electron chi connectivity index (χ1n) is 11.7. The second-order valence-electron chi connectivity index (χ2n) is 9.43. The molecule has 0 amide bonds. The Morgan fingerprint density at radius 3 is 2.45 bits per heavy atom. The van der Waals surface area contributed by atoms with Crippen molar-refractivity contribution in [3.63, 3.8) is 0 Å². The molecular weight excluding hydrogens is 438 g/mol. The van der Waals surface area contributed by atoms with E-state index in [1.807, 2.05) is 13.0 Å². The van der Waals surface area contributed by atoms with Crippen LogP contribution >= 0.6 is 0 Å². The van der Waals surface area contributed by atoms with Crippen LogP contribution in [0.1, 0.15) is 66.4 Å². The Morgan fingerprint density at radius 2 is 1.79 bits per heavy atom. The van der Waals surface area contributed by atoms with Gasteiger partial charge in [-0.25, -0.2) is 13.6 Å². The van der Waals surface area contributed by atoms with Crippen molar-refractivity contribution in [3.05, 3.63) is 59.2 Å². The molecule has 2 saturated carbocycles. The molecule has 6 nitrogen and oxygen atoms in total. The fraction of sp³-hybridized carbons (Fsp3) is 0.462. The van der Waals surface area contributed by atoms with E-state index in [9.17, 15) is 18.0 Å². The average Bonchev–Trinajstić information content (AvgIpc) is 3.44. The predicted molar refractivity (Wildman–Crippen MR) is 126 cm³/mol. The number of ketones is 2. The fourth-order valence-electron chi connectivity index (χ4n) is 4.45. The number of carbonyl (C=O) groups is 2. The van der Waals surface area contributed by atoms with Crippen LogP contribution in [-0.2, 0) is 21.2 Å². The lowest BCUT2D eigenvalue weighted by molar-refractivity contribution is -0.121. The lowest BCUT2D eigenvalue weighted by atomic mass is 9.85. The van der Waals surface area contributed by atoms with E-state index in [0.29, 0.717) is 29.2 Å². The number of ether oxygens (including phenoxy) is 1. The number of benzene rings is 2. The maximum atomic E-state index is 13.6. The lowest BCUT2D eigenvalue weighted by Crippen LogP contribution is -2.27. The Bertz CT molecular complexity index is 1150. The van der Waals surface area contributed by atoms with Gasteiger partial charge < -0.3 is 4.74 Å². The van der Waals surface area contributed by atoms with Gasteiger partial charge in [-0.2, -0.15) is 0 Å². The van der Waals surface area contributed by atoms with E-state index in [2.05, 4.69) is 0 Å². The first kappa shape index (κ1) is 23.6. The van der Waals surface area contributed by atoms with Crippen LogP contribution in [0, 0.1) is 18.8 Å². The quantitative estimate of drug-likeness (QED) is 0.411. The summed E-state index contributed by atoms with van der Waals surface area (Å²) in [6.07, 6.45) is 7.04. The highest BCUT2D eigenvalue weighted by Crippen LogP contribution is 2.35. The zero-order chi connectivity index (χ0) is 23.6. The highest BCUT2D eigenvalue weighted by atomic mass is 32.2. The number of carbonyl (C=O) groups excluding carboxylic acids is 2. The van der Waals surface area contributed by atoms with Crippen LogP contribution in [0.2, 0.25) is 0 Å². The normalized spacial score (nSPS) is 17.6. The summed E-state index contributed by atoms with van der Waals surface area (Å²) in [5.74, 6) is -0.177. The highest BCUT2D eigenvalue weighted by molar-refractivity contribution is 7.89. The van der Waals surface area contributed by atoms with Crippen LogP contribution in [-0.4, -0.2) is 26.1 Å². The first-order valence-corrected chi connectivity index (χ1v) is 13.2. The number of rotatable bonds is 10. The molecule has 2 aromatic carbocycles. The Hall–Kier alpha value is -2.51. The third-order valence-electron chi connectivity index (χ3n) is 6.63. The second-order valence-corrected chi connectivity index (χ2v) is 11.0. The number of Topliss-reactive ketones (excluding diaryl/α,β-unsaturated/α-hetero) is 2. The van der Waals surface area contributed by atoms with E-state index in [4.69, 9.17) is 9.88 Å². The molecule has 1 atom stereocenters. The molecule has 2 fully saturated rings. The molecule has 0 aromatic heterocycles. The molecule has 0 bridgehead atoms. The Morgan fingerprint density at radius 1 is 1.06 bits per heavy atom. The molecule has 0 spiro atoms. The van der Waals surface area contributed by atoms with E-state index >= 15 is 0 Å². The van der Waals surface area contributed by atoms with Gasteiger partial charge in [0.2, 0.25) is 10.0 Å². The van der Waals surface area contributed by atoms with Crippen molar-refractivity contribution < 1.29 is 22.7 Å². The summed E-state index contributed by atoms with van der Waals surface area (Å²) in [4.78, 5) is 26.7. The van der Waals surface area contributed by atoms with Gasteiger partial charge in [-0.15, -0.1) is 0 Å². The monoisotopic (exact) mass is 469 g/mol. The van der Waals surface area contributed by atoms with E-state index in [1.54, 1.807) is 24.3 Å². The topological polar surface area (TPSA) is 104 Å². The number of aryl methyl sites for hydroxylation is 1. The van der Waals surface area contributed by atoms with Gasteiger partial charge >= 0.3 is 0 Å². The van der Waals surface area contributed by atoms with Gasteiger partial charge in [0.15, 0.2) is 5.78 Å². The van der Waals surface area contributed by atoms with Crippen molar-refractivity contribution in [2.24, 2.45) is 17.0 Å². The zero-order valence-corrected chi connectivity index (χ0v) is 19.8. The number of hydrogen-bond donors (Lipinski definition) is 1. The van der Waals surface area contributed by atoms with Crippen molar-refractivity contribution in [1.29, 1.82) is 0 Å². The van der Waals surface area contributed by atoms with Crippen LogP contribution in [0.3, 0.4) is 0 Å². The van der Waals surface area contributed by atoms with Crippen molar-refractivity contribution >= 4 is 21.6 Å². The van der Waals surface area contributed by atoms with Crippen LogP contribution in [0.5, 0.6) is 5.75 Å². The van der Waals surface area contributed by atoms with Crippen molar-refractivity contribution in [1.82, 2.24) is 0 Å². The van der Waals surface area contributed by atoms with Crippen molar-refractivity contribution in [3.8, 4) is 5.75 Å². The van der Waals surface area contributed by atoms with Crippen molar-refractivity contribution in [2.75, 3.05) is 0 Å². The van der Waals surface area contributed by atoms with Crippen LogP contribution in [0.4, 0.5) is 0 Å². The largest absolute Gasteiger partial charge is 0.490 e. The molecular formula is C26H31NO5S. The maximum Gasteiger partial charge on any atom is 0.238 e. The average molecular weight is 470 g/mol. The summed E-state index contributed by atoms with van der Waals surface area (Å²) in [5, 5.41) is 5.26. The number of sulfonamides is 1. The minimum atomic E-state index is -3.87. The molecule has 0 saturated heterocycles. The van der Waals surface area contributed by atoms with Crippen LogP contribution in [0.25, 0.3) is 0 Å². The summed E-state index contributed by atoms with van der Waals surface area (Å²) in [6.45, 7) is 1.95. The summed E-state index contributed by atoms with van der Waals surface area (Å²) < 4.78 is 29.7. The highest BCUT2D eigenvalue weighted by Gasteiger charge is 2.33. The van der Waals surface area contributed by atoms with Crippen LogP contribution < -0.4 is 9.88 Å². The second kappa shape index (κ2) is 9.77. The Labute approximate surface area is 195 Å². The van der Waals surface area contributed by atoms with Gasteiger partial charge in [0.25, 0.3) is 0 Å². The fourth-order valence-corrected chi connectivity index (χ4v) is 5.04. The number of nitrogens with two attached hydrogens (primary N) is 1. The third-order valence-corrected chi connectivity index (χ3v) is 7.54. The van der Waals surface area contributed by atoms with Gasteiger partial charge in [-0.3, -0.25) is 9.59 Å². The minimum Gasteiger partial charge on any atom is -0.490 e. The molecule has 2 aliphatic carbocycles. The van der Waals surface area contributed by atoms with Gasteiger partial charge in [0, 0.05) is 12.0 Å². The summed E-state index contributed by atoms with van der Waals surface area (Å²) in [7, 11) is -3.87. The standard InChI is InChI=1S/C26H31NO5S/c1-17-9-12-20(16-25(17)32-21-6-2-3-7-21)26(29)23(24(28)15-18-10-11-18)14-19-5-4-8-22(13-19)33(27,30)31/h4-5,8-9,12-13,16,18,21,23H,2-3,6-7,10-11,14-15H2,1H3,(H2,27,30,31). The van der Waals surface area contributed by atoms with Gasteiger partial charge in [0.05, 0.1) is 16.9 Å². The molecule has 1 unspecified atom stereocenters. The first-order chi connectivity index (χ1) is 15.7. The zero-order valence-electron chi connectivity index (χ0n) is 19.0. The Balaban J connectivity index is 1.60. The predicted octanol–water partition coefficient (Wildman–Crippen LogP) is 4.37. The molecule has 2 aliphatic rings. The Kier molecular flexibility index (Phi) is 7.00. The van der Waals surface area contributed by atoms with Gasteiger partial charge in [-0.05, 0) is 87.1 Å². The molecule has 0 radical (unpaired) electrons. The van der Waals surface area contributed by atoms with E-state index < -0.39 is 15.9 Å². The third kappa shape index (κ3) is 6.09. The van der Waals surface area contributed by atoms with Crippen molar-refractivity contribution in [2.45, 2.75) is 69.3 Å². The maximum absolute atomic E-state index is 13.6. The summed E-state index contributed by atoms with van der Waals surface area (Å²) in [6, 6.07) is 11.5. The molecule has 2 N–H and O–H groups in total. The van der Waals surface area contributed by atoms with Gasteiger partial charge in [-0.1, -0.05) is 24.3 Å².